The zero-order valence-corrected chi connectivity index (χ0v) is 11.7. The monoisotopic (exact) mass is 284 g/mol. The van der Waals surface area contributed by atoms with Crippen LogP contribution >= 0.6 is 0 Å². The van der Waals surface area contributed by atoms with Crippen molar-refractivity contribution >= 4 is 17.7 Å². The summed E-state index contributed by atoms with van der Waals surface area (Å²) in [5.74, 6) is 1.48. The zero-order chi connectivity index (χ0) is 14.7. The van der Waals surface area contributed by atoms with Crippen LogP contribution in [0.15, 0.2) is 30.9 Å². The van der Waals surface area contributed by atoms with Crippen molar-refractivity contribution in [1.29, 1.82) is 0 Å². The number of amides is 1. The molecule has 0 unspecified atom stereocenters. The fraction of sp³-hybridized carbons (Fsp3) is 0.357. The summed E-state index contributed by atoms with van der Waals surface area (Å²) in [4.78, 5) is 30.1. The molecule has 1 aliphatic rings. The average Bonchev–Trinajstić information content (AvgIpc) is 2.99. The van der Waals surface area contributed by atoms with Gasteiger partial charge in [-0.2, -0.15) is 0 Å². The molecule has 7 nitrogen and oxygen atoms in total. The molecule has 108 valence electrons. The highest BCUT2D eigenvalue weighted by molar-refractivity contribution is 5.73. The van der Waals surface area contributed by atoms with E-state index in [1.165, 1.54) is 0 Å². The minimum absolute atomic E-state index is 0.115. The first-order valence-corrected chi connectivity index (χ1v) is 6.84. The molecule has 1 amide bonds. The number of hydrogen-bond acceptors (Lipinski definition) is 6. The number of nitrogens with one attached hydrogen (secondary N) is 1. The second-order valence-corrected chi connectivity index (χ2v) is 4.97. The summed E-state index contributed by atoms with van der Waals surface area (Å²) >= 11 is 0. The van der Waals surface area contributed by atoms with E-state index < -0.39 is 0 Å². The summed E-state index contributed by atoms with van der Waals surface area (Å²) < 4.78 is 0. The molecular weight excluding hydrogens is 268 g/mol. The van der Waals surface area contributed by atoms with Gasteiger partial charge in [0, 0.05) is 44.5 Å². The number of carbonyl (C=O) groups excluding carboxylic acids is 1. The fourth-order valence-corrected chi connectivity index (χ4v) is 2.43. The van der Waals surface area contributed by atoms with Gasteiger partial charge in [0.15, 0.2) is 5.82 Å². The van der Waals surface area contributed by atoms with Gasteiger partial charge in [-0.3, -0.25) is 9.78 Å². The molecule has 0 saturated carbocycles. The topological polar surface area (TPSA) is 83.9 Å². The van der Waals surface area contributed by atoms with Crippen LogP contribution in [0.1, 0.15) is 25.0 Å². The van der Waals surface area contributed by atoms with Gasteiger partial charge in [-0.15, -0.1) is 0 Å². The van der Waals surface area contributed by atoms with E-state index >= 15 is 0 Å². The smallest absolute Gasteiger partial charge is 0.228 e. The first-order chi connectivity index (χ1) is 10.2. The van der Waals surface area contributed by atoms with Gasteiger partial charge < -0.3 is 10.2 Å². The molecule has 21 heavy (non-hydrogen) atoms. The molecule has 0 radical (unpaired) electrons. The SMILES string of the molecule is CC(=O)N1CC[C@H](c2ccnc(Nc3cnccn3)n2)C1. The van der Waals surface area contributed by atoms with Gasteiger partial charge >= 0.3 is 0 Å². The van der Waals surface area contributed by atoms with Crippen LogP contribution < -0.4 is 5.32 Å². The average molecular weight is 284 g/mol. The highest BCUT2D eigenvalue weighted by Crippen LogP contribution is 2.26. The van der Waals surface area contributed by atoms with Crippen molar-refractivity contribution in [2.24, 2.45) is 0 Å². The molecule has 3 rings (SSSR count). The summed E-state index contributed by atoms with van der Waals surface area (Å²) in [6.07, 6.45) is 7.48. The first kappa shape index (κ1) is 13.4. The van der Waals surface area contributed by atoms with E-state index in [0.717, 1.165) is 25.2 Å². The Kier molecular flexibility index (Phi) is 3.72. The van der Waals surface area contributed by atoms with Crippen molar-refractivity contribution in [2.45, 2.75) is 19.3 Å². The lowest BCUT2D eigenvalue weighted by molar-refractivity contribution is -0.127. The number of likely N-dealkylation sites (tertiary alicyclic amines) is 1. The molecule has 2 aromatic rings. The molecular formula is C14H16N6O. The van der Waals surface area contributed by atoms with Crippen molar-refractivity contribution in [1.82, 2.24) is 24.8 Å². The van der Waals surface area contributed by atoms with E-state index in [4.69, 9.17) is 0 Å². The number of hydrogen-bond donors (Lipinski definition) is 1. The van der Waals surface area contributed by atoms with Gasteiger partial charge in [0.25, 0.3) is 0 Å². The molecule has 1 saturated heterocycles. The highest BCUT2D eigenvalue weighted by atomic mass is 16.2. The van der Waals surface area contributed by atoms with E-state index in [9.17, 15) is 4.79 Å². The summed E-state index contributed by atoms with van der Waals surface area (Å²) in [5.41, 5.74) is 0.945. The van der Waals surface area contributed by atoms with Crippen LogP contribution in [0.4, 0.5) is 11.8 Å². The van der Waals surface area contributed by atoms with E-state index in [1.807, 2.05) is 11.0 Å². The summed E-state index contributed by atoms with van der Waals surface area (Å²) in [6, 6.07) is 1.90. The summed E-state index contributed by atoms with van der Waals surface area (Å²) in [5, 5.41) is 3.03. The molecule has 0 spiro atoms. The minimum Gasteiger partial charge on any atom is -0.342 e. The molecule has 0 bridgehead atoms. The molecule has 0 aliphatic carbocycles. The quantitative estimate of drug-likeness (QED) is 0.915. The standard InChI is InChI=1S/C14H16N6O/c1-10(21)20-7-3-11(9-20)12-2-4-17-14(18-12)19-13-8-15-5-6-16-13/h2,4-6,8,11H,3,7,9H2,1H3,(H,16,17,18,19)/t11-/m0/s1. The number of nitrogens with zero attached hydrogens (tertiary/aromatic N) is 5. The Labute approximate surface area is 122 Å². The van der Waals surface area contributed by atoms with Crippen LogP contribution in [-0.2, 0) is 4.79 Å². The fourth-order valence-electron chi connectivity index (χ4n) is 2.43. The number of rotatable bonds is 3. The molecule has 3 heterocycles. The Balaban J connectivity index is 1.73. The second kappa shape index (κ2) is 5.82. The Morgan fingerprint density at radius 2 is 2.24 bits per heavy atom. The Morgan fingerprint density at radius 3 is 2.95 bits per heavy atom. The maximum atomic E-state index is 11.4. The van der Waals surface area contributed by atoms with Crippen molar-refractivity contribution in [3.8, 4) is 0 Å². The van der Waals surface area contributed by atoms with Crippen LogP contribution in [0.2, 0.25) is 0 Å². The van der Waals surface area contributed by atoms with Crippen molar-refractivity contribution in [2.75, 3.05) is 18.4 Å². The highest BCUT2D eigenvalue weighted by Gasteiger charge is 2.26. The maximum Gasteiger partial charge on any atom is 0.228 e. The van der Waals surface area contributed by atoms with Gasteiger partial charge in [0.2, 0.25) is 11.9 Å². The normalized spacial score (nSPS) is 17.8. The molecule has 0 aromatic carbocycles. The third-order valence-electron chi connectivity index (χ3n) is 3.53. The Bertz CT molecular complexity index is 632. The largest absolute Gasteiger partial charge is 0.342 e. The van der Waals surface area contributed by atoms with E-state index in [2.05, 4.69) is 25.3 Å². The van der Waals surface area contributed by atoms with Gasteiger partial charge in [0.1, 0.15) is 0 Å². The maximum absolute atomic E-state index is 11.4. The van der Waals surface area contributed by atoms with Crippen LogP contribution in [-0.4, -0.2) is 43.8 Å². The van der Waals surface area contributed by atoms with Crippen LogP contribution in [0.3, 0.4) is 0 Å². The van der Waals surface area contributed by atoms with Crippen molar-refractivity contribution in [3.05, 3.63) is 36.5 Å². The second-order valence-electron chi connectivity index (χ2n) is 4.97. The Hall–Kier alpha value is -2.57. The van der Waals surface area contributed by atoms with Gasteiger partial charge in [-0.25, -0.2) is 15.0 Å². The molecule has 2 aromatic heterocycles. The van der Waals surface area contributed by atoms with Crippen LogP contribution in [0.25, 0.3) is 0 Å². The molecule has 1 N–H and O–H groups in total. The van der Waals surface area contributed by atoms with Gasteiger partial charge in [-0.05, 0) is 12.5 Å². The number of anilines is 2. The minimum atomic E-state index is 0.115. The first-order valence-electron chi connectivity index (χ1n) is 6.84. The molecule has 1 atom stereocenters. The number of carbonyl (C=O) groups is 1. The van der Waals surface area contributed by atoms with E-state index in [-0.39, 0.29) is 11.8 Å². The van der Waals surface area contributed by atoms with Gasteiger partial charge in [0.05, 0.1) is 11.9 Å². The van der Waals surface area contributed by atoms with Crippen molar-refractivity contribution in [3.63, 3.8) is 0 Å². The molecule has 7 heteroatoms. The third-order valence-corrected chi connectivity index (χ3v) is 3.53. The van der Waals surface area contributed by atoms with E-state index in [0.29, 0.717) is 11.8 Å². The lowest BCUT2D eigenvalue weighted by Gasteiger charge is -2.14. The lowest BCUT2D eigenvalue weighted by atomic mass is 10.1. The predicted octanol–water partition coefficient (Wildman–Crippen LogP) is 1.35. The van der Waals surface area contributed by atoms with Crippen LogP contribution in [0, 0.1) is 0 Å². The molecule has 1 fully saturated rings. The lowest BCUT2D eigenvalue weighted by Crippen LogP contribution is -2.25. The Morgan fingerprint density at radius 1 is 1.33 bits per heavy atom. The van der Waals surface area contributed by atoms with Crippen LogP contribution in [0.5, 0.6) is 0 Å². The number of aromatic nitrogens is 4. The van der Waals surface area contributed by atoms with E-state index in [1.54, 1.807) is 31.7 Å². The van der Waals surface area contributed by atoms with Crippen molar-refractivity contribution < 1.29 is 4.79 Å². The predicted molar refractivity (Wildman–Crippen MR) is 77.0 cm³/mol. The molecule has 1 aliphatic heterocycles. The summed E-state index contributed by atoms with van der Waals surface area (Å²) in [6.45, 7) is 3.11. The third kappa shape index (κ3) is 3.13. The summed E-state index contributed by atoms with van der Waals surface area (Å²) in [7, 11) is 0. The van der Waals surface area contributed by atoms with Gasteiger partial charge in [-0.1, -0.05) is 0 Å². The zero-order valence-electron chi connectivity index (χ0n) is 11.7.